The van der Waals surface area contributed by atoms with Crippen LogP contribution in [0.25, 0.3) is 0 Å². The van der Waals surface area contributed by atoms with Crippen LogP contribution in [0.1, 0.15) is 36.8 Å². The molecule has 4 rings (SSSR count). The Hall–Kier alpha value is -1.88. The molecule has 0 unspecified atom stereocenters. The van der Waals surface area contributed by atoms with Crippen LogP contribution in [0, 0.1) is 0 Å². The van der Waals surface area contributed by atoms with Crippen molar-refractivity contribution in [3.05, 3.63) is 65.7 Å². The van der Waals surface area contributed by atoms with Crippen molar-refractivity contribution in [1.82, 2.24) is 15.5 Å². The van der Waals surface area contributed by atoms with Crippen LogP contribution < -0.4 is 15.4 Å². The van der Waals surface area contributed by atoms with Gasteiger partial charge in [0.15, 0.2) is 0 Å². The monoisotopic (exact) mass is 407 g/mol. The number of ether oxygens (including phenoxy) is 1. The summed E-state index contributed by atoms with van der Waals surface area (Å²) in [7, 11) is 0. The van der Waals surface area contributed by atoms with E-state index in [0.717, 1.165) is 44.7 Å². The molecule has 0 spiro atoms. The van der Waals surface area contributed by atoms with Crippen LogP contribution >= 0.6 is 0 Å². The fraction of sp³-hybridized carbons (Fsp3) is 0.538. The van der Waals surface area contributed by atoms with Crippen LogP contribution in [-0.4, -0.2) is 56.3 Å². The van der Waals surface area contributed by atoms with E-state index in [1.54, 1.807) is 0 Å². The zero-order valence-corrected chi connectivity index (χ0v) is 18.2. The summed E-state index contributed by atoms with van der Waals surface area (Å²) in [6.07, 6.45) is 7.39. The Morgan fingerprint density at radius 2 is 1.40 bits per heavy atom. The SMILES string of the molecule is c1ccc(C[C@H]2CN[C@@H](Cc3ccc(OCCCN4CCCCC4)cc3)CN2)cc1. The summed E-state index contributed by atoms with van der Waals surface area (Å²) in [6.45, 7) is 6.57. The van der Waals surface area contributed by atoms with Gasteiger partial charge in [-0.1, -0.05) is 48.9 Å². The molecule has 4 nitrogen and oxygen atoms in total. The van der Waals surface area contributed by atoms with Gasteiger partial charge in [0.05, 0.1) is 6.61 Å². The number of likely N-dealkylation sites (tertiary alicyclic amines) is 1. The number of nitrogens with one attached hydrogen (secondary N) is 2. The van der Waals surface area contributed by atoms with E-state index >= 15 is 0 Å². The molecule has 2 aromatic carbocycles. The first-order valence-electron chi connectivity index (χ1n) is 11.8. The number of benzene rings is 2. The van der Waals surface area contributed by atoms with Gasteiger partial charge in [0.25, 0.3) is 0 Å². The first-order chi connectivity index (χ1) is 14.8. The second-order valence-electron chi connectivity index (χ2n) is 8.85. The molecule has 4 heteroatoms. The van der Waals surface area contributed by atoms with E-state index in [-0.39, 0.29) is 0 Å². The summed E-state index contributed by atoms with van der Waals surface area (Å²) in [6, 6.07) is 20.5. The van der Waals surface area contributed by atoms with Crippen molar-refractivity contribution in [2.45, 2.75) is 50.6 Å². The number of rotatable bonds is 9. The van der Waals surface area contributed by atoms with Crippen LogP contribution in [0.15, 0.2) is 54.6 Å². The maximum atomic E-state index is 5.96. The maximum Gasteiger partial charge on any atom is 0.119 e. The predicted octanol–water partition coefficient (Wildman–Crippen LogP) is 3.66. The van der Waals surface area contributed by atoms with Crippen molar-refractivity contribution in [2.75, 3.05) is 39.3 Å². The lowest BCUT2D eigenvalue weighted by Gasteiger charge is -2.31. The van der Waals surface area contributed by atoms with Crippen LogP contribution in [0.5, 0.6) is 5.75 Å². The Kier molecular flexibility index (Phi) is 8.18. The molecule has 2 aliphatic heterocycles. The normalized spacial score (nSPS) is 22.7. The lowest BCUT2D eigenvalue weighted by Crippen LogP contribution is -2.55. The van der Waals surface area contributed by atoms with Crippen molar-refractivity contribution in [3.8, 4) is 5.75 Å². The van der Waals surface area contributed by atoms with E-state index in [4.69, 9.17) is 4.74 Å². The fourth-order valence-electron chi connectivity index (χ4n) is 4.62. The molecular formula is C26H37N3O. The average Bonchev–Trinajstić information content (AvgIpc) is 2.80. The minimum absolute atomic E-state index is 0.494. The standard InChI is InChI=1S/C26H37N3O/c1-3-8-22(9-4-1)18-24-20-28-25(21-27-24)19-23-10-12-26(13-11-23)30-17-7-16-29-14-5-2-6-15-29/h1,3-4,8-13,24-25,27-28H,2,5-7,14-21H2/t24-,25-/m0/s1. The molecule has 0 aromatic heterocycles. The van der Waals surface area contributed by atoms with Gasteiger partial charge in [-0.05, 0) is 68.5 Å². The number of nitrogens with zero attached hydrogens (tertiary/aromatic N) is 1. The molecule has 2 fully saturated rings. The van der Waals surface area contributed by atoms with Crippen molar-refractivity contribution in [1.29, 1.82) is 0 Å². The average molecular weight is 408 g/mol. The molecule has 0 amide bonds. The van der Waals surface area contributed by atoms with Gasteiger partial charge in [-0.15, -0.1) is 0 Å². The summed E-state index contributed by atoms with van der Waals surface area (Å²) >= 11 is 0. The molecular weight excluding hydrogens is 370 g/mol. The molecule has 162 valence electrons. The van der Waals surface area contributed by atoms with E-state index < -0.39 is 0 Å². The topological polar surface area (TPSA) is 36.5 Å². The molecule has 2 saturated heterocycles. The van der Waals surface area contributed by atoms with Crippen LogP contribution in [0.2, 0.25) is 0 Å². The second-order valence-corrected chi connectivity index (χ2v) is 8.85. The predicted molar refractivity (Wildman–Crippen MR) is 124 cm³/mol. The van der Waals surface area contributed by atoms with Gasteiger partial charge in [0.2, 0.25) is 0 Å². The molecule has 0 aliphatic carbocycles. The number of hydrogen-bond acceptors (Lipinski definition) is 4. The zero-order valence-electron chi connectivity index (χ0n) is 18.2. The highest BCUT2D eigenvalue weighted by Crippen LogP contribution is 2.15. The van der Waals surface area contributed by atoms with E-state index in [0.29, 0.717) is 12.1 Å². The van der Waals surface area contributed by atoms with Crippen molar-refractivity contribution in [3.63, 3.8) is 0 Å². The third kappa shape index (κ3) is 6.83. The van der Waals surface area contributed by atoms with Gasteiger partial charge in [-0.25, -0.2) is 0 Å². The highest BCUT2D eigenvalue weighted by molar-refractivity contribution is 5.28. The summed E-state index contributed by atoms with van der Waals surface area (Å²) in [4.78, 5) is 2.57. The van der Waals surface area contributed by atoms with Crippen molar-refractivity contribution >= 4 is 0 Å². The maximum absolute atomic E-state index is 5.96. The highest BCUT2D eigenvalue weighted by atomic mass is 16.5. The molecule has 0 bridgehead atoms. The number of piperidine rings is 1. The number of piperazine rings is 1. The summed E-state index contributed by atoms with van der Waals surface area (Å²) in [5.41, 5.74) is 2.78. The van der Waals surface area contributed by atoms with Gasteiger partial charge in [-0.2, -0.15) is 0 Å². The summed E-state index contributed by atoms with van der Waals surface area (Å²) in [5, 5.41) is 7.45. The van der Waals surface area contributed by atoms with Crippen LogP contribution in [0.3, 0.4) is 0 Å². The van der Waals surface area contributed by atoms with Gasteiger partial charge >= 0.3 is 0 Å². The van der Waals surface area contributed by atoms with Crippen molar-refractivity contribution < 1.29 is 4.74 Å². The molecule has 2 atom stereocenters. The van der Waals surface area contributed by atoms with Gasteiger partial charge in [0, 0.05) is 31.7 Å². The van der Waals surface area contributed by atoms with Crippen LogP contribution in [-0.2, 0) is 12.8 Å². The quantitative estimate of drug-likeness (QED) is 0.622. The smallest absolute Gasteiger partial charge is 0.119 e. The Bertz CT molecular complexity index is 720. The molecule has 0 radical (unpaired) electrons. The number of hydrogen-bond donors (Lipinski definition) is 2. The molecule has 30 heavy (non-hydrogen) atoms. The fourth-order valence-corrected chi connectivity index (χ4v) is 4.62. The van der Waals surface area contributed by atoms with Crippen molar-refractivity contribution in [2.24, 2.45) is 0 Å². The minimum Gasteiger partial charge on any atom is -0.494 e. The molecule has 2 N–H and O–H groups in total. The van der Waals surface area contributed by atoms with Crippen LogP contribution in [0.4, 0.5) is 0 Å². The van der Waals surface area contributed by atoms with E-state index in [2.05, 4.69) is 70.1 Å². The second kappa shape index (κ2) is 11.5. The Morgan fingerprint density at radius 1 is 0.767 bits per heavy atom. The van der Waals surface area contributed by atoms with Gasteiger partial charge < -0.3 is 20.3 Å². The third-order valence-corrected chi connectivity index (χ3v) is 6.37. The minimum atomic E-state index is 0.494. The molecule has 2 aliphatic rings. The first kappa shape index (κ1) is 21.4. The lowest BCUT2D eigenvalue weighted by atomic mass is 10.00. The third-order valence-electron chi connectivity index (χ3n) is 6.37. The largest absolute Gasteiger partial charge is 0.494 e. The van der Waals surface area contributed by atoms with E-state index in [9.17, 15) is 0 Å². The molecule has 0 saturated carbocycles. The Labute approximate surface area is 182 Å². The molecule has 2 aromatic rings. The van der Waals surface area contributed by atoms with Gasteiger partial charge in [0.1, 0.15) is 5.75 Å². The molecule has 2 heterocycles. The summed E-state index contributed by atoms with van der Waals surface area (Å²) in [5.74, 6) is 0.995. The summed E-state index contributed by atoms with van der Waals surface area (Å²) < 4.78 is 5.96. The zero-order chi connectivity index (χ0) is 20.4. The Balaban J connectivity index is 1.13. The first-order valence-corrected chi connectivity index (χ1v) is 11.8. The van der Waals surface area contributed by atoms with E-state index in [1.165, 1.54) is 50.0 Å². The van der Waals surface area contributed by atoms with E-state index in [1.807, 2.05) is 0 Å². The lowest BCUT2D eigenvalue weighted by molar-refractivity contribution is 0.205. The van der Waals surface area contributed by atoms with Gasteiger partial charge in [-0.3, -0.25) is 0 Å². The highest BCUT2D eigenvalue weighted by Gasteiger charge is 2.20. The Morgan fingerprint density at radius 3 is 2.03 bits per heavy atom.